The molecule has 0 radical (unpaired) electrons. The van der Waals surface area contributed by atoms with Gasteiger partial charge in [-0.05, 0) is 127 Å². The molecule has 3 nitrogen and oxygen atoms in total. The molecule has 1 aromatic heterocycles. The van der Waals surface area contributed by atoms with Crippen molar-refractivity contribution in [1.29, 1.82) is 0 Å². The van der Waals surface area contributed by atoms with Gasteiger partial charge in [0, 0.05) is 67.3 Å². The number of para-hydroxylation sites is 2. The molecule has 8 aromatic carbocycles. The van der Waals surface area contributed by atoms with Crippen molar-refractivity contribution in [3.63, 3.8) is 0 Å². The minimum absolute atomic E-state index is 0.0444. The Balaban J connectivity index is 1.18. The molecule has 0 bridgehead atoms. The van der Waals surface area contributed by atoms with Crippen LogP contribution in [0.3, 0.4) is 0 Å². The molecule has 0 fully saturated rings. The van der Waals surface area contributed by atoms with Gasteiger partial charge in [0.2, 0.25) is 0 Å². The van der Waals surface area contributed by atoms with Crippen molar-refractivity contribution in [3.05, 3.63) is 204 Å². The topological polar surface area (TPSA) is 11.4 Å². The molecular weight excluding hydrogens is 786 g/mol. The van der Waals surface area contributed by atoms with Crippen LogP contribution in [0.4, 0.5) is 34.1 Å². The van der Waals surface area contributed by atoms with Gasteiger partial charge < -0.3 is 14.3 Å². The third-order valence-electron chi connectivity index (χ3n) is 14.6. The Morgan fingerprint density at radius 2 is 1.08 bits per heavy atom. The summed E-state index contributed by atoms with van der Waals surface area (Å²) in [6.07, 6.45) is 0. The zero-order chi connectivity index (χ0) is 44.6. The van der Waals surface area contributed by atoms with E-state index in [-0.39, 0.29) is 23.1 Å². The van der Waals surface area contributed by atoms with E-state index in [9.17, 15) is 0 Å². The Hall–Kier alpha value is -7.04. The maximum Gasteiger partial charge on any atom is 0.333 e. The van der Waals surface area contributed by atoms with Gasteiger partial charge >= 0.3 is 6.85 Å². The maximum atomic E-state index is 2.76. The molecule has 0 amide bonds. The molecule has 3 aliphatic rings. The normalized spacial score (nSPS) is 14.2. The summed E-state index contributed by atoms with van der Waals surface area (Å²) >= 11 is 0. The monoisotopic (exact) mass is 839 g/mol. The first-order valence-electron chi connectivity index (χ1n) is 23.3. The number of aromatic nitrogens is 1. The third kappa shape index (κ3) is 5.89. The van der Waals surface area contributed by atoms with E-state index in [0.717, 1.165) is 22.7 Å². The standard InChI is InChI=1S/C61H54BN3/c1-59(2,3)41-26-30-44(31-27-41)63(45-32-28-42(29-33-45)60(4,5)6)46-34-35-53-52(38-46)62-56-50(36-40(39-18-11-9-12-19-39)37-54(56)64(53)43-20-13-10-14-21-43)47-23-17-24-49-55-58(65(62)57(47)49)48-22-15-16-25-51(48)61(55,7)8/h9-38H,1-8H3. The fourth-order valence-corrected chi connectivity index (χ4v) is 11.4. The Morgan fingerprint density at radius 3 is 1.72 bits per heavy atom. The molecule has 12 rings (SSSR count). The van der Waals surface area contributed by atoms with Crippen LogP contribution in [0.2, 0.25) is 0 Å². The SMILES string of the molecule is CC(C)(C)c1ccc(N(c2ccc(C(C)(C)C)cc2)c2ccc3c(c2)B2c4c(cc(-c5ccccc5)cc4N3c3ccccc3)-c3cccc4c5c(n2c34)-c2ccccc2C5(C)C)cc1. The summed E-state index contributed by atoms with van der Waals surface area (Å²) in [5.41, 5.74) is 24.0. The number of anilines is 6. The largest absolute Gasteiger partial charge is 0.375 e. The Labute approximate surface area is 384 Å². The zero-order valence-corrected chi connectivity index (χ0v) is 38.7. The van der Waals surface area contributed by atoms with Crippen molar-refractivity contribution in [2.24, 2.45) is 0 Å². The number of nitrogens with zero attached hydrogens (tertiary/aromatic N) is 3. The summed E-state index contributed by atoms with van der Waals surface area (Å²) in [5, 5.41) is 1.35. The van der Waals surface area contributed by atoms with E-state index in [1.807, 2.05) is 0 Å². The quantitative estimate of drug-likeness (QED) is 0.160. The molecular formula is C61H54BN3. The van der Waals surface area contributed by atoms with Gasteiger partial charge in [0.15, 0.2) is 0 Å². The van der Waals surface area contributed by atoms with Crippen LogP contribution in [-0.2, 0) is 16.2 Å². The molecule has 2 aliphatic heterocycles. The average molecular weight is 840 g/mol. The van der Waals surface area contributed by atoms with Crippen LogP contribution in [0.25, 0.3) is 44.4 Å². The molecule has 65 heavy (non-hydrogen) atoms. The van der Waals surface area contributed by atoms with Crippen LogP contribution in [-0.4, -0.2) is 11.3 Å². The summed E-state index contributed by atoms with van der Waals surface area (Å²) in [4.78, 5) is 5.00. The minimum Gasteiger partial charge on any atom is -0.375 e. The molecule has 0 saturated carbocycles. The molecule has 9 aromatic rings. The number of hydrogen-bond donors (Lipinski definition) is 0. The molecule has 0 unspecified atom stereocenters. The smallest absolute Gasteiger partial charge is 0.333 e. The van der Waals surface area contributed by atoms with E-state index in [2.05, 4.69) is 252 Å². The average Bonchev–Trinajstić information content (AvgIpc) is 3.78. The van der Waals surface area contributed by atoms with Crippen LogP contribution in [0.5, 0.6) is 0 Å². The van der Waals surface area contributed by atoms with Crippen molar-refractivity contribution in [2.75, 3.05) is 9.80 Å². The third-order valence-corrected chi connectivity index (χ3v) is 14.6. The van der Waals surface area contributed by atoms with E-state index < -0.39 is 0 Å². The Morgan fingerprint density at radius 1 is 0.492 bits per heavy atom. The summed E-state index contributed by atoms with van der Waals surface area (Å²) < 4.78 is 2.76. The molecule has 0 spiro atoms. The van der Waals surface area contributed by atoms with Gasteiger partial charge in [-0.1, -0.05) is 171 Å². The number of hydrogen-bond acceptors (Lipinski definition) is 2. The highest BCUT2D eigenvalue weighted by molar-refractivity contribution is 6.90. The predicted octanol–water partition coefficient (Wildman–Crippen LogP) is 15.1. The first kappa shape index (κ1) is 39.5. The highest BCUT2D eigenvalue weighted by atomic mass is 15.2. The van der Waals surface area contributed by atoms with E-state index in [1.54, 1.807) is 0 Å². The van der Waals surface area contributed by atoms with Gasteiger partial charge in [0.25, 0.3) is 0 Å². The fraction of sp³-hybridized carbons (Fsp3) is 0.180. The molecule has 4 heteroatoms. The van der Waals surface area contributed by atoms with E-state index in [0.29, 0.717) is 0 Å². The fourth-order valence-electron chi connectivity index (χ4n) is 11.4. The van der Waals surface area contributed by atoms with Crippen molar-refractivity contribution in [2.45, 2.75) is 71.6 Å². The van der Waals surface area contributed by atoms with Gasteiger partial charge in [-0.25, -0.2) is 0 Å². The van der Waals surface area contributed by atoms with Gasteiger partial charge in [0.1, 0.15) is 0 Å². The lowest BCUT2D eigenvalue weighted by Crippen LogP contribution is -2.57. The first-order chi connectivity index (χ1) is 31.3. The Bertz CT molecular complexity index is 3290. The lowest BCUT2D eigenvalue weighted by Gasteiger charge is -2.41. The molecule has 0 saturated heterocycles. The number of rotatable bonds is 5. The van der Waals surface area contributed by atoms with Crippen LogP contribution < -0.4 is 20.7 Å². The van der Waals surface area contributed by atoms with E-state index >= 15 is 0 Å². The highest BCUT2D eigenvalue weighted by Crippen LogP contribution is 2.56. The summed E-state index contributed by atoms with van der Waals surface area (Å²) in [6.45, 7) is 18.5. The first-order valence-corrected chi connectivity index (χ1v) is 23.3. The molecule has 316 valence electrons. The molecule has 1 aliphatic carbocycles. The van der Waals surface area contributed by atoms with Crippen molar-refractivity contribution < 1.29 is 0 Å². The Kier molecular flexibility index (Phi) is 8.51. The van der Waals surface area contributed by atoms with Gasteiger partial charge in [0.05, 0.1) is 0 Å². The van der Waals surface area contributed by atoms with Crippen LogP contribution in [0.15, 0.2) is 182 Å². The van der Waals surface area contributed by atoms with E-state index in [4.69, 9.17) is 0 Å². The predicted molar refractivity (Wildman–Crippen MR) is 278 cm³/mol. The van der Waals surface area contributed by atoms with Crippen LogP contribution in [0.1, 0.15) is 77.6 Å². The second-order valence-electron chi connectivity index (χ2n) is 21.0. The van der Waals surface area contributed by atoms with Crippen LogP contribution in [0, 0.1) is 0 Å². The summed E-state index contributed by atoms with van der Waals surface area (Å²) in [6, 6.07) is 68.8. The molecule has 3 heterocycles. The number of fused-ring (bicyclic) bond motifs is 9. The van der Waals surface area contributed by atoms with Gasteiger partial charge in [-0.2, -0.15) is 0 Å². The van der Waals surface area contributed by atoms with E-state index in [1.165, 1.54) is 89.0 Å². The zero-order valence-electron chi connectivity index (χ0n) is 38.7. The minimum atomic E-state index is -0.173. The maximum absolute atomic E-state index is 2.76. The van der Waals surface area contributed by atoms with Gasteiger partial charge in [-0.3, -0.25) is 0 Å². The second kappa shape index (κ2) is 14.0. The molecule has 0 atom stereocenters. The van der Waals surface area contributed by atoms with Crippen molar-refractivity contribution >= 4 is 62.8 Å². The lowest BCUT2D eigenvalue weighted by atomic mass is 9.44. The second-order valence-corrected chi connectivity index (χ2v) is 21.0. The highest BCUT2D eigenvalue weighted by Gasteiger charge is 2.48. The van der Waals surface area contributed by atoms with Crippen molar-refractivity contribution in [3.8, 4) is 33.5 Å². The summed E-state index contributed by atoms with van der Waals surface area (Å²) in [5.74, 6) is 0. The summed E-state index contributed by atoms with van der Waals surface area (Å²) in [7, 11) is 0. The lowest BCUT2D eigenvalue weighted by molar-refractivity contribution is 0.590. The van der Waals surface area contributed by atoms with Gasteiger partial charge in [-0.15, -0.1) is 0 Å². The van der Waals surface area contributed by atoms with Crippen molar-refractivity contribution in [1.82, 2.24) is 4.48 Å². The number of benzene rings is 8. The molecule has 0 N–H and O–H groups in total. The van der Waals surface area contributed by atoms with Crippen LogP contribution >= 0.6 is 0 Å².